The molecule has 2 aromatic heterocycles. The molecule has 2 heterocycles. The lowest BCUT2D eigenvalue weighted by Crippen LogP contribution is -1.91. The number of aromatic carboxylic acids is 1. The molecular weight excluding hydrogens is 172 g/mol. The van der Waals surface area contributed by atoms with Gasteiger partial charge in [-0.05, 0) is 24.3 Å². The molecule has 0 amide bonds. The summed E-state index contributed by atoms with van der Waals surface area (Å²) in [5, 5.41) is 8.57. The maximum absolute atomic E-state index is 10.5. The van der Waals surface area contributed by atoms with Crippen molar-refractivity contribution in [3.63, 3.8) is 0 Å². The lowest BCUT2D eigenvalue weighted by Gasteiger charge is -1.88. The Balaban J connectivity index is 2.39. The van der Waals surface area contributed by atoms with Crippen LogP contribution in [0.1, 0.15) is 10.6 Å². The van der Waals surface area contributed by atoms with Crippen molar-refractivity contribution in [3.05, 3.63) is 36.3 Å². The lowest BCUT2D eigenvalue weighted by atomic mass is 10.3. The number of carbonyl (C=O) groups is 1. The molecule has 0 fully saturated rings. The SMILES string of the molecule is O=C(O)c1ccc(-c2ccco2)o1. The summed E-state index contributed by atoms with van der Waals surface area (Å²) in [6, 6.07) is 6.35. The van der Waals surface area contributed by atoms with Gasteiger partial charge in [0, 0.05) is 0 Å². The number of rotatable bonds is 2. The molecule has 2 aromatic rings. The van der Waals surface area contributed by atoms with Crippen molar-refractivity contribution < 1.29 is 18.7 Å². The maximum atomic E-state index is 10.5. The Hall–Kier alpha value is -1.97. The second-order valence-corrected chi connectivity index (χ2v) is 2.45. The van der Waals surface area contributed by atoms with Gasteiger partial charge in [0.1, 0.15) is 0 Å². The van der Waals surface area contributed by atoms with Crippen LogP contribution in [0.25, 0.3) is 11.5 Å². The number of hydrogen-bond acceptors (Lipinski definition) is 3. The van der Waals surface area contributed by atoms with E-state index in [1.807, 2.05) is 0 Å². The fourth-order valence-electron chi connectivity index (χ4n) is 1.00. The third kappa shape index (κ3) is 1.33. The molecule has 0 saturated carbocycles. The standard InChI is InChI=1S/C9H6O4/c10-9(11)8-4-3-7(13-8)6-2-1-5-12-6/h1-5H,(H,10,11). The summed E-state index contributed by atoms with van der Waals surface area (Å²) in [7, 11) is 0. The summed E-state index contributed by atoms with van der Waals surface area (Å²) in [6.45, 7) is 0. The summed E-state index contributed by atoms with van der Waals surface area (Å²) in [4.78, 5) is 10.5. The molecule has 0 bridgehead atoms. The van der Waals surface area contributed by atoms with Crippen LogP contribution in [0.2, 0.25) is 0 Å². The molecular formula is C9H6O4. The summed E-state index contributed by atoms with van der Waals surface area (Å²) >= 11 is 0. The molecule has 0 aromatic carbocycles. The molecule has 0 atom stereocenters. The zero-order valence-electron chi connectivity index (χ0n) is 6.56. The molecule has 1 N–H and O–H groups in total. The first-order chi connectivity index (χ1) is 6.27. The molecule has 0 aliphatic carbocycles. The van der Waals surface area contributed by atoms with Crippen LogP contribution >= 0.6 is 0 Å². The maximum Gasteiger partial charge on any atom is 0.371 e. The van der Waals surface area contributed by atoms with Gasteiger partial charge in [0.05, 0.1) is 6.26 Å². The molecule has 66 valence electrons. The molecule has 13 heavy (non-hydrogen) atoms. The van der Waals surface area contributed by atoms with Crippen molar-refractivity contribution >= 4 is 5.97 Å². The van der Waals surface area contributed by atoms with E-state index in [2.05, 4.69) is 0 Å². The number of carboxylic acids is 1. The third-order valence-corrected chi connectivity index (χ3v) is 1.58. The minimum absolute atomic E-state index is 0.0913. The average molecular weight is 178 g/mol. The Morgan fingerprint density at radius 2 is 2.08 bits per heavy atom. The summed E-state index contributed by atoms with van der Waals surface area (Å²) in [5.41, 5.74) is 0. The van der Waals surface area contributed by atoms with Crippen molar-refractivity contribution in [1.82, 2.24) is 0 Å². The van der Waals surface area contributed by atoms with Gasteiger partial charge in [0.25, 0.3) is 0 Å². The third-order valence-electron chi connectivity index (χ3n) is 1.58. The minimum Gasteiger partial charge on any atom is -0.475 e. The molecule has 0 aliphatic rings. The van der Waals surface area contributed by atoms with E-state index >= 15 is 0 Å². The van der Waals surface area contributed by atoms with E-state index in [9.17, 15) is 4.79 Å². The monoisotopic (exact) mass is 178 g/mol. The zero-order valence-corrected chi connectivity index (χ0v) is 6.56. The first-order valence-electron chi connectivity index (χ1n) is 3.64. The highest BCUT2D eigenvalue weighted by atomic mass is 16.4. The lowest BCUT2D eigenvalue weighted by molar-refractivity contribution is 0.0663. The van der Waals surface area contributed by atoms with Crippen LogP contribution in [-0.2, 0) is 0 Å². The Morgan fingerprint density at radius 1 is 1.23 bits per heavy atom. The fraction of sp³-hybridized carbons (Fsp3) is 0. The van der Waals surface area contributed by atoms with Gasteiger partial charge in [-0.15, -0.1) is 0 Å². The Kier molecular flexibility index (Phi) is 1.66. The van der Waals surface area contributed by atoms with Gasteiger partial charge < -0.3 is 13.9 Å². The second-order valence-electron chi connectivity index (χ2n) is 2.45. The van der Waals surface area contributed by atoms with Crippen LogP contribution in [0.4, 0.5) is 0 Å². The quantitative estimate of drug-likeness (QED) is 0.765. The number of carboxylic acid groups (broad SMARTS) is 1. The number of hydrogen-bond donors (Lipinski definition) is 1. The van der Waals surface area contributed by atoms with E-state index < -0.39 is 5.97 Å². The molecule has 4 nitrogen and oxygen atoms in total. The molecule has 0 unspecified atom stereocenters. The number of furan rings is 2. The Bertz CT molecular complexity index is 411. The highest BCUT2D eigenvalue weighted by Gasteiger charge is 2.11. The van der Waals surface area contributed by atoms with Crippen molar-refractivity contribution in [3.8, 4) is 11.5 Å². The van der Waals surface area contributed by atoms with Crippen LogP contribution in [0, 0.1) is 0 Å². The Morgan fingerprint density at radius 3 is 2.62 bits per heavy atom. The van der Waals surface area contributed by atoms with E-state index in [4.69, 9.17) is 13.9 Å². The molecule has 0 aliphatic heterocycles. The van der Waals surface area contributed by atoms with E-state index in [0.29, 0.717) is 11.5 Å². The zero-order chi connectivity index (χ0) is 9.26. The van der Waals surface area contributed by atoms with Crippen molar-refractivity contribution in [2.24, 2.45) is 0 Å². The van der Waals surface area contributed by atoms with E-state index in [1.165, 1.54) is 12.3 Å². The van der Waals surface area contributed by atoms with Gasteiger partial charge in [-0.2, -0.15) is 0 Å². The average Bonchev–Trinajstić information content (AvgIpc) is 2.75. The normalized spacial score (nSPS) is 10.2. The fourth-order valence-corrected chi connectivity index (χ4v) is 1.00. The summed E-state index contributed by atoms with van der Waals surface area (Å²) in [5.74, 6) is -0.237. The van der Waals surface area contributed by atoms with Gasteiger partial charge in [-0.3, -0.25) is 0 Å². The molecule has 0 spiro atoms. The molecule has 0 saturated heterocycles. The smallest absolute Gasteiger partial charge is 0.371 e. The van der Waals surface area contributed by atoms with Crippen molar-refractivity contribution in [1.29, 1.82) is 0 Å². The summed E-state index contributed by atoms with van der Waals surface area (Å²) < 4.78 is 10.0. The van der Waals surface area contributed by atoms with Crippen LogP contribution in [0.15, 0.2) is 39.4 Å². The minimum atomic E-state index is -1.09. The van der Waals surface area contributed by atoms with E-state index in [-0.39, 0.29) is 5.76 Å². The predicted octanol–water partition coefficient (Wildman–Crippen LogP) is 2.24. The molecule has 4 heteroatoms. The highest BCUT2D eigenvalue weighted by Crippen LogP contribution is 2.22. The summed E-state index contributed by atoms with van der Waals surface area (Å²) in [6.07, 6.45) is 1.50. The highest BCUT2D eigenvalue weighted by molar-refractivity contribution is 5.85. The first-order valence-corrected chi connectivity index (χ1v) is 3.64. The van der Waals surface area contributed by atoms with Crippen molar-refractivity contribution in [2.75, 3.05) is 0 Å². The van der Waals surface area contributed by atoms with Crippen molar-refractivity contribution in [2.45, 2.75) is 0 Å². The van der Waals surface area contributed by atoms with E-state index in [1.54, 1.807) is 18.2 Å². The van der Waals surface area contributed by atoms with Gasteiger partial charge in [-0.1, -0.05) is 0 Å². The van der Waals surface area contributed by atoms with Gasteiger partial charge >= 0.3 is 5.97 Å². The molecule has 2 rings (SSSR count). The van der Waals surface area contributed by atoms with Gasteiger partial charge in [-0.25, -0.2) is 4.79 Å². The van der Waals surface area contributed by atoms with E-state index in [0.717, 1.165) is 0 Å². The predicted molar refractivity (Wildman–Crippen MR) is 43.4 cm³/mol. The Labute approximate surface area is 73.4 Å². The first kappa shape index (κ1) is 7.67. The van der Waals surface area contributed by atoms with Crippen LogP contribution in [0.5, 0.6) is 0 Å². The van der Waals surface area contributed by atoms with Crippen LogP contribution < -0.4 is 0 Å². The largest absolute Gasteiger partial charge is 0.475 e. The van der Waals surface area contributed by atoms with Gasteiger partial charge in [0.15, 0.2) is 11.5 Å². The van der Waals surface area contributed by atoms with Gasteiger partial charge in [0.2, 0.25) is 5.76 Å². The second kappa shape index (κ2) is 2.82. The topological polar surface area (TPSA) is 63.6 Å². The van der Waals surface area contributed by atoms with Crippen LogP contribution in [0.3, 0.4) is 0 Å². The molecule has 0 radical (unpaired) electrons. The van der Waals surface area contributed by atoms with Crippen LogP contribution in [-0.4, -0.2) is 11.1 Å².